The molecule has 0 amide bonds. The Morgan fingerprint density at radius 1 is 1.14 bits per heavy atom. The van der Waals surface area contributed by atoms with Crippen LogP contribution in [0.2, 0.25) is 0 Å². The van der Waals surface area contributed by atoms with Crippen LogP contribution in [0.4, 0.5) is 5.69 Å². The number of anilines is 1. The first-order valence-corrected chi connectivity index (χ1v) is 13.8. The Balaban J connectivity index is 1.22. The van der Waals surface area contributed by atoms with Crippen LogP contribution in [0.15, 0.2) is 59.4 Å². The number of hydrogen-bond donors (Lipinski definition) is 2. The molecule has 196 valence electrons. The van der Waals surface area contributed by atoms with Crippen molar-refractivity contribution in [1.29, 1.82) is 0 Å². The van der Waals surface area contributed by atoms with Crippen LogP contribution in [0.5, 0.6) is 0 Å². The van der Waals surface area contributed by atoms with E-state index in [1.54, 1.807) is 6.20 Å². The van der Waals surface area contributed by atoms with Crippen LogP contribution in [0.25, 0.3) is 28.4 Å². The largest absolute Gasteiger partial charge is 0.455 e. The summed E-state index contributed by atoms with van der Waals surface area (Å²) in [5.41, 5.74) is 3.70. The minimum absolute atomic E-state index is 0.488. The number of piperidine rings is 2. The van der Waals surface area contributed by atoms with Gasteiger partial charge < -0.3 is 24.9 Å². The van der Waals surface area contributed by atoms with Gasteiger partial charge in [-0.3, -0.25) is 4.98 Å². The summed E-state index contributed by atoms with van der Waals surface area (Å²) in [6.45, 7) is 11.0. The Morgan fingerprint density at radius 2 is 1.97 bits per heavy atom. The molecule has 7 nitrogen and oxygen atoms in total. The average molecular weight is 501 g/mol. The Morgan fingerprint density at radius 3 is 2.81 bits per heavy atom. The number of furan rings is 1. The number of pyridine rings is 2. The van der Waals surface area contributed by atoms with E-state index in [0.717, 1.165) is 84.9 Å². The molecule has 2 fully saturated rings. The van der Waals surface area contributed by atoms with E-state index in [0.29, 0.717) is 6.04 Å². The molecule has 3 aromatic rings. The molecule has 7 heteroatoms. The zero-order valence-electron chi connectivity index (χ0n) is 22.1. The number of nitrogens with zero attached hydrogens (tertiary/aromatic N) is 4. The number of hydrogen-bond acceptors (Lipinski definition) is 7. The summed E-state index contributed by atoms with van der Waals surface area (Å²) in [6, 6.07) is 8.50. The van der Waals surface area contributed by atoms with Gasteiger partial charge in [0.15, 0.2) is 5.76 Å². The van der Waals surface area contributed by atoms with Gasteiger partial charge in [0.2, 0.25) is 0 Å². The number of rotatable bonds is 10. The SMILES string of the molecule is C=C(/C=C/c1ccc(-c2cc(NCCCN3CCCCC3)c3cnccc3n2)o1)NC1CCN(C)CC1. The zero-order chi connectivity index (χ0) is 25.5. The van der Waals surface area contributed by atoms with Crippen molar-refractivity contribution in [3.8, 4) is 11.5 Å². The van der Waals surface area contributed by atoms with Crippen LogP contribution in [-0.4, -0.2) is 72.1 Å². The van der Waals surface area contributed by atoms with Gasteiger partial charge in [0.05, 0.1) is 5.52 Å². The molecule has 0 unspecified atom stereocenters. The molecule has 0 saturated carbocycles. The third-order valence-corrected chi connectivity index (χ3v) is 7.46. The molecular weight excluding hydrogens is 460 g/mol. The third-order valence-electron chi connectivity index (χ3n) is 7.46. The van der Waals surface area contributed by atoms with Gasteiger partial charge in [-0.1, -0.05) is 13.0 Å². The van der Waals surface area contributed by atoms with E-state index >= 15 is 0 Å². The first-order chi connectivity index (χ1) is 18.1. The van der Waals surface area contributed by atoms with E-state index in [4.69, 9.17) is 9.40 Å². The fourth-order valence-corrected chi connectivity index (χ4v) is 5.28. The molecule has 2 saturated heterocycles. The standard InChI is InChI=1S/C30H40N6O/c1-23(33-24-12-19-35(2)20-13-24)7-8-25-9-10-30(37-25)29-21-28(26-22-31-15-11-27(26)34-29)32-14-6-18-36-16-4-3-5-17-36/h7-11,15,21-22,24,33H,1,3-6,12-14,16-20H2,2H3,(H,32,34)/b8-7+. The third kappa shape index (κ3) is 6.99. The lowest BCUT2D eigenvalue weighted by Gasteiger charge is -2.30. The smallest absolute Gasteiger partial charge is 0.153 e. The van der Waals surface area contributed by atoms with Crippen LogP contribution < -0.4 is 10.6 Å². The predicted molar refractivity (Wildman–Crippen MR) is 152 cm³/mol. The van der Waals surface area contributed by atoms with Crippen molar-refractivity contribution in [1.82, 2.24) is 25.1 Å². The highest BCUT2D eigenvalue weighted by molar-refractivity contribution is 5.92. The maximum absolute atomic E-state index is 6.16. The van der Waals surface area contributed by atoms with Crippen LogP contribution in [0, 0.1) is 0 Å². The van der Waals surface area contributed by atoms with Gasteiger partial charge in [-0.15, -0.1) is 0 Å². The number of aromatic nitrogens is 2. The van der Waals surface area contributed by atoms with Gasteiger partial charge in [0.25, 0.3) is 0 Å². The predicted octanol–water partition coefficient (Wildman–Crippen LogP) is 5.39. The van der Waals surface area contributed by atoms with Crippen molar-refractivity contribution in [2.45, 2.75) is 44.6 Å². The minimum atomic E-state index is 0.488. The van der Waals surface area contributed by atoms with Crippen LogP contribution in [0.3, 0.4) is 0 Å². The van der Waals surface area contributed by atoms with Crippen molar-refractivity contribution < 1.29 is 4.42 Å². The fourth-order valence-electron chi connectivity index (χ4n) is 5.28. The number of likely N-dealkylation sites (tertiary alicyclic amines) is 2. The van der Waals surface area contributed by atoms with Gasteiger partial charge in [-0.2, -0.15) is 0 Å². The second-order valence-corrected chi connectivity index (χ2v) is 10.4. The number of allylic oxidation sites excluding steroid dienone is 1. The van der Waals surface area contributed by atoms with E-state index in [1.807, 2.05) is 36.5 Å². The van der Waals surface area contributed by atoms with Crippen LogP contribution in [0.1, 0.15) is 44.3 Å². The molecule has 2 aliphatic rings. The molecule has 5 rings (SSSR count). The first kappa shape index (κ1) is 25.5. The first-order valence-electron chi connectivity index (χ1n) is 13.8. The molecule has 0 bridgehead atoms. The van der Waals surface area contributed by atoms with Crippen molar-refractivity contribution in [2.24, 2.45) is 0 Å². The van der Waals surface area contributed by atoms with Crippen LogP contribution in [-0.2, 0) is 0 Å². The molecule has 2 N–H and O–H groups in total. The second kappa shape index (κ2) is 12.4. The highest BCUT2D eigenvalue weighted by atomic mass is 16.3. The maximum Gasteiger partial charge on any atom is 0.153 e. The minimum Gasteiger partial charge on any atom is -0.455 e. The Labute approximate surface area is 220 Å². The van der Waals surface area contributed by atoms with Gasteiger partial charge in [0.1, 0.15) is 11.5 Å². The molecule has 5 heterocycles. The summed E-state index contributed by atoms with van der Waals surface area (Å²) in [6.07, 6.45) is 15.1. The van der Waals surface area contributed by atoms with Gasteiger partial charge >= 0.3 is 0 Å². The van der Waals surface area contributed by atoms with E-state index in [-0.39, 0.29) is 0 Å². The van der Waals surface area contributed by atoms with E-state index < -0.39 is 0 Å². The highest BCUT2D eigenvalue weighted by Gasteiger charge is 2.16. The summed E-state index contributed by atoms with van der Waals surface area (Å²) in [5.74, 6) is 1.54. The van der Waals surface area contributed by atoms with Gasteiger partial charge in [-0.25, -0.2) is 4.98 Å². The normalized spacial score (nSPS) is 18.0. The Kier molecular flexibility index (Phi) is 8.53. The molecule has 0 atom stereocenters. The molecule has 0 spiro atoms. The molecule has 0 aliphatic carbocycles. The molecule has 37 heavy (non-hydrogen) atoms. The summed E-state index contributed by atoms with van der Waals surface area (Å²) in [7, 11) is 2.18. The quantitative estimate of drug-likeness (QED) is 0.286. The zero-order valence-corrected chi connectivity index (χ0v) is 22.1. The Hall–Kier alpha value is -3.16. The maximum atomic E-state index is 6.16. The molecule has 3 aromatic heterocycles. The molecule has 0 aromatic carbocycles. The Bertz CT molecular complexity index is 1200. The lowest BCUT2D eigenvalue weighted by Crippen LogP contribution is -2.40. The van der Waals surface area contributed by atoms with Crippen molar-refractivity contribution in [3.63, 3.8) is 0 Å². The average Bonchev–Trinajstić information content (AvgIpc) is 3.41. The van der Waals surface area contributed by atoms with E-state index in [1.165, 1.54) is 32.4 Å². The lowest BCUT2D eigenvalue weighted by atomic mass is 10.1. The summed E-state index contributed by atoms with van der Waals surface area (Å²) in [5, 5.41) is 8.22. The molecular formula is C30H40N6O. The fraction of sp³-hybridized carbons (Fsp3) is 0.467. The summed E-state index contributed by atoms with van der Waals surface area (Å²) >= 11 is 0. The van der Waals surface area contributed by atoms with Gasteiger partial charge in [-0.05, 0) is 108 Å². The van der Waals surface area contributed by atoms with E-state index in [9.17, 15) is 0 Å². The number of nitrogens with one attached hydrogen (secondary N) is 2. The van der Waals surface area contributed by atoms with Crippen molar-refractivity contribution in [3.05, 3.63) is 60.8 Å². The van der Waals surface area contributed by atoms with Crippen molar-refractivity contribution in [2.75, 3.05) is 51.6 Å². The second-order valence-electron chi connectivity index (χ2n) is 10.4. The van der Waals surface area contributed by atoms with Crippen LogP contribution >= 0.6 is 0 Å². The lowest BCUT2D eigenvalue weighted by molar-refractivity contribution is 0.228. The summed E-state index contributed by atoms with van der Waals surface area (Å²) < 4.78 is 6.16. The van der Waals surface area contributed by atoms with E-state index in [2.05, 4.69) is 45.1 Å². The molecule has 0 radical (unpaired) electrons. The monoisotopic (exact) mass is 500 g/mol. The number of fused-ring (bicyclic) bond motifs is 1. The summed E-state index contributed by atoms with van der Waals surface area (Å²) in [4.78, 5) is 14.1. The highest BCUT2D eigenvalue weighted by Crippen LogP contribution is 2.29. The van der Waals surface area contributed by atoms with Gasteiger partial charge in [0, 0.05) is 41.8 Å². The topological polar surface area (TPSA) is 69.5 Å². The molecule has 2 aliphatic heterocycles. The van der Waals surface area contributed by atoms with Crippen molar-refractivity contribution >= 4 is 22.7 Å².